The molecule has 6 nitrogen and oxygen atoms in total. The predicted octanol–water partition coefficient (Wildman–Crippen LogP) is 5.99. The second-order valence-corrected chi connectivity index (χ2v) is 9.41. The number of halogens is 1. The summed E-state index contributed by atoms with van der Waals surface area (Å²) in [5, 5.41) is 6.04. The molecule has 37 heavy (non-hydrogen) atoms. The number of aromatic nitrogens is 3. The first-order chi connectivity index (χ1) is 18.1. The number of rotatable bonds is 9. The number of piperidine rings is 1. The lowest BCUT2D eigenvalue weighted by Gasteiger charge is -2.37. The molecular formula is C30H31FN4O2. The number of fused-ring (bicyclic) bond motifs is 1. The van der Waals surface area contributed by atoms with Crippen molar-refractivity contribution >= 4 is 16.7 Å². The maximum absolute atomic E-state index is 13.9. The van der Waals surface area contributed by atoms with Crippen LogP contribution in [0.3, 0.4) is 0 Å². The van der Waals surface area contributed by atoms with Gasteiger partial charge in [0, 0.05) is 35.5 Å². The van der Waals surface area contributed by atoms with Gasteiger partial charge in [0.25, 0.3) is 0 Å². The fraction of sp³-hybridized carbons (Fsp3) is 0.300. The van der Waals surface area contributed by atoms with Gasteiger partial charge in [-0.2, -0.15) is 5.10 Å². The minimum atomic E-state index is -0.274. The van der Waals surface area contributed by atoms with Crippen molar-refractivity contribution < 1.29 is 13.9 Å². The van der Waals surface area contributed by atoms with Gasteiger partial charge in [-0.25, -0.2) is 4.39 Å². The molecule has 1 aliphatic heterocycles. The van der Waals surface area contributed by atoms with E-state index in [2.05, 4.69) is 21.1 Å². The molecule has 2 aromatic heterocycles. The number of carbonyl (C=O) groups excluding carboxylic acids is 1. The molecule has 2 atom stereocenters. The highest BCUT2D eigenvalue weighted by molar-refractivity contribution is 5.94. The van der Waals surface area contributed by atoms with Crippen LogP contribution in [0, 0.1) is 5.82 Å². The van der Waals surface area contributed by atoms with Crippen molar-refractivity contribution in [2.45, 2.75) is 44.9 Å². The summed E-state index contributed by atoms with van der Waals surface area (Å²) in [4.78, 5) is 19.1. The topological polar surface area (TPSA) is 60.2 Å². The molecule has 7 heteroatoms. The molecule has 0 bridgehead atoms. The average Bonchev–Trinajstić information content (AvgIpc) is 3.33. The predicted molar refractivity (Wildman–Crippen MR) is 143 cm³/mol. The van der Waals surface area contributed by atoms with Crippen LogP contribution in [0.1, 0.15) is 37.8 Å². The Morgan fingerprint density at radius 3 is 2.78 bits per heavy atom. The minimum absolute atomic E-state index is 0.0793. The number of carbonyl (C=O) groups is 1. The summed E-state index contributed by atoms with van der Waals surface area (Å²) in [6, 6.07) is 16.3. The van der Waals surface area contributed by atoms with Gasteiger partial charge in [0.05, 0.1) is 17.6 Å². The van der Waals surface area contributed by atoms with E-state index in [4.69, 9.17) is 9.84 Å². The van der Waals surface area contributed by atoms with Gasteiger partial charge in [0.2, 0.25) is 0 Å². The first-order valence-electron chi connectivity index (χ1n) is 12.8. The number of hydrogen-bond donors (Lipinski definition) is 0. The highest BCUT2D eigenvalue weighted by Crippen LogP contribution is 2.33. The number of benzene rings is 2. The Balaban J connectivity index is 1.39. The molecule has 4 aromatic rings. The van der Waals surface area contributed by atoms with Crippen molar-refractivity contribution in [1.29, 1.82) is 0 Å². The smallest absolute Gasteiger partial charge is 0.172 e. The number of nitrogens with zero attached hydrogens (tertiary/aromatic N) is 4. The van der Waals surface area contributed by atoms with E-state index in [-0.39, 0.29) is 30.3 Å². The first-order valence-corrected chi connectivity index (χ1v) is 12.8. The van der Waals surface area contributed by atoms with Crippen molar-refractivity contribution in [3.05, 3.63) is 91.0 Å². The number of ether oxygens (including phenoxy) is 1. The molecule has 0 N–H and O–H groups in total. The SMILES string of the molecule is C=CC(=O)[C@@H](CC)N1CCCC(n2nc(-c3ccc(OCc4ccccc4F)cc3)c3cnccc32)C1. The lowest BCUT2D eigenvalue weighted by atomic mass is 10.00. The van der Waals surface area contributed by atoms with Crippen LogP contribution in [0.2, 0.25) is 0 Å². The third-order valence-corrected chi connectivity index (χ3v) is 7.12. The molecule has 0 radical (unpaired) electrons. The molecule has 1 fully saturated rings. The van der Waals surface area contributed by atoms with Crippen molar-refractivity contribution in [2.24, 2.45) is 0 Å². The molecule has 0 spiro atoms. The van der Waals surface area contributed by atoms with E-state index < -0.39 is 0 Å². The van der Waals surface area contributed by atoms with E-state index >= 15 is 0 Å². The molecule has 3 heterocycles. The number of pyridine rings is 1. The summed E-state index contributed by atoms with van der Waals surface area (Å²) in [6.45, 7) is 7.57. The molecule has 0 saturated carbocycles. The van der Waals surface area contributed by atoms with E-state index in [1.165, 1.54) is 12.1 Å². The van der Waals surface area contributed by atoms with Gasteiger partial charge < -0.3 is 4.74 Å². The van der Waals surface area contributed by atoms with Crippen LogP contribution in [0.25, 0.3) is 22.2 Å². The second kappa shape index (κ2) is 11.0. The molecule has 0 aliphatic carbocycles. The first kappa shape index (κ1) is 24.8. The van der Waals surface area contributed by atoms with Crippen molar-refractivity contribution in [3.63, 3.8) is 0 Å². The maximum Gasteiger partial charge on any atom is 0.172 e. The molecule has 1 saturated heterocycles. The maximum atomic E-state index is 13.9. The summed E-state index contributed by atoms with van der Waals surface area (Å²) in [6.07, 6.45) is 7.85. The molecule has 5 rings (SSSR count). The Kier molecular flexibility index (Phi) is 7.42. The van der Waals surface area contributed by atoms with Crippen molar-refractivity contribution in [1.82, 2.24) is 19.7 Å². The summed E-state index contributed by atoms with van der Waals surface area (Å²) in [5.41, 5.74) is 3.36. The monoisotopic (exact) mass is 498 g/mol. The van der Waals surface area contributed by atoms with Crippen molar-refractivity contribution in [3.8, 4) is 17.0 Å². The van der Waals surface area contributed by atoms with Gasteiger partial charge in [-0.15, -0.1) is 0 Å². The zero-order valence-corrected chi connectivity index (χ0v) is 21.0. The average molecular weight is 499 g/mol. The van der Waals surface area contributed by atoms with E-state index in [1.807, 2.05) is 43.5 Å². The molecular weight excluding hydrogens is 467 g/mol. The molecule has 190 valence electrons. The lowest BCUT2D eigenvalue weighted by Crippen LogP contribution is -2.46. The van der Waals surface area contributed by atoms with Crippen LogP contribution in [-0.4, -0.2) is 44.6 Å². The normalized spacial score (nSPS) is 17.0. The molecule has 1 aliphatic rings. The number of ketones is 1. The Morgan fingerprint density at radius 2 is 2.03 bits per heavy atom. The van der Waals surface area contributed by atoms with Gasteiger partial charge >= 0.3 is 0 Å². The van der Waals surface area contributed by atoms with Gasteiger partial charge in [-0.1, -0.05) is 31.7 Å². The highest BCUT2D eigenvalue weighted by Gasteiger charge is 2.30. The lowest BCUT2D eigenvalue weighted by molar-refractivity contribution is -0.120. The second-order valence-electron chi connectivity index (χ2n) is 9.41. The van der Waals surface area contributed by atoms with Crippen LogP contribution in [0.5, 0.6) is 5.75 Å². The zero-order chi connectivity index (χ0) is 25.8. The quantitative estimate of drug-likeness (QED) is 0.266. The van der Waals surface area contributed by atoms with Crippen LogP contribution in [0.4, 0.5) is 4.39 Å². The minimum Gasteiger partial charge on any atom is -0.489 e. The molecule has 0 amide bonds. The summed E-state index contributed by atoms with van der Waals surface area (Å²) < 4.78 is 21.8. The largest absolute Gasteiger partial charge is 0.489 e. The zero-order valence-electron chi connectivity index (χ0n) is 21.0. The standard InChI is InChI=1S/C30H31FN4O2/c1-3-27(29(36)4-2)34-17-7-9-23(19-34)35-28-15-16-32-18-25(28)30(33-35)21-11-13-24(14-12-21)37-20-22-8-5-6-10-26(22)31/h4-6,8,10-16,18,23,27H,2-3,7,9,17,19-20H2,1H3/t23?,27-/m1/s1. The van der Waals surface area contributed by atoms with Gasteiger partial charge in [-0.05, 0) is 68.3 Å². The molecule has 2 aromatic carbocycles. The van der Waals surface area contributed by atoms with Crippen LogP contribution < -0.4 is 4.74 Å². The highest BCUT2D eigenvalue weighted by atomic mass is 19.1. The molecule has 1 unspecified atom stereocenters. The third-order valence-electron chi connectivity index (χ3n) is 7.12. The van der Waals surface area contributed by atoms with Crippen LogP contribution >= 0.6 is 0 Å². The summed E-state index contributed by atoms with van der Waals surface area (Å²) in [5.74, 6) is 0.467. The summed E-state index contributed by atoms with van der Waals surface area (Å²) >= 11 is 0. The van der Waals surface area contributed by atoms with E-state index in [1.54, 1.807) is 24.4 Å². The fourth-order valence-electron chi connectivity index (χ4n) is 5.20. The number of hydrogen-bond acceptors (Lipinski definition) is 5. The summed E-state index contributed by atoms with van der Waals surface area (Å²) in [7, 11) is 0. The number of likely N-dealkylation sites (tertiary alicyclic amines) is 1. The Morgan fingerprint density at radius 1 is 1.22 bits per heavy atom. The Hall–Kier alpha value is -3.84. The van der Waals surface area contributed by atoms with Gasteiger partial charge in [0.1, 0.15) is 23.9 Å². The Bertz CT molecular complexity index is 1400. The third kappa shape index (κ3) is 5.18. The van der Waals surface area contributed by atoms with E-state index in [9.17, 15) is 9.18 Å². The van der Waals surface area contributed by atoms with E-state index in [0.29, 0.717) is 11.3 Å². The van der Waals surface area contributed by atoms with Crippen molar-refractivity contribution in [2.75, 3.05) is 13.1 Å². The Labute approximate surface area is 216 Å². The fourth-order valence-corrected chi connectivity index (χ4v) is 5.20. The van der Waals surface area contributed by atoms with Crippen LogP contribution in [-0.2, 0) is 11.4 Å². The van der Waals surface area contributed by atoms with Gasteiger partial charge in [0.15, 0.2) is 5.78 Å². The van der Waals surface area contributed by atoms with E-state index in [0.717, 1.165) is 54.5 Å². The van der Waals surface area contributed by atoms with Gasteiger partial charge in [-0.3, -0.25) is 19.4 Å². The van der Waals surface area contributed by atoms with Crippen LogP contribution in [0.15, 0.2) is 79.6 Å².